The van der Waals surface area contributed by atoms with Crippen LogP contribution >= 0.6 is 11.8 Å². The molecule has 0 bridgehead atoms. The van der Waals surface area contributed by atoms with Crippen LogP contribution in [0.5, 0.6) is 0 Å². The van der Waals surface area contributed by atoms with Crippen molar-refractivity contribution in [3.63, 3.8) is 0 Å². The largest absolute Gasteiger partial charge is 0.255 e. The van der Waals surface area contributed by atoms with Crippen LogP contribution in [0.2, 0.25) is 0 Å². The Labute approximate surface area is 109 Å². The Balaban J connectivity index is 1.92. The van der Waals surface area contributed by atoms with Crippen molar-refractivity contribution in [2.75, 3.05) is 0 Å². The van der Waals surface area contributed by atoms with Crippen LogP contribution < -0.4 is 0 Å². The maximum atomic E-state index is 12.8. The minimum absolute atomic E-state index is 0.212. The SMILES string of the molecule is Fc1ccc(Sc2cnc3ccccc3c2)cc1. The first kappa shape index (κ1) is 11.2. The van der Waals surface area contributed by atoms with E-state index in [1.165, 1.54) is 12.1 Å². The van der Waals surface area contributed by atoms with Crippen LogP contribution in [0.4, 0.5) is 4.39 Å². The third kappa shape index (κ3) is 2.36. The fourth-order valence-electron chi connectivity index (χ4n) is 1.75. The van der Waals surface area contributed by atoms with Crippen LogP contribution in [0.3, 0.4) is 0 Å². The highest BCUT2D eigenvalue weighted by Gasteiger charge is 2.00. The van der Waals surface area contributed by atoms with Gasteiger partial charge in [0.25, 0.3) is 0 Å². The predicted molar refractivity (Wildman–Crippen MR) is 72.3 cm³/mol. The van der Waals surface area contributed by atoms with E-state index in [1.807, 2.05) is 30.5 Å². The molecule has 3 heteroatoms. The molecule has 0 saturated carbocycles. The highest BCUT2D eigenvalue weighted by atomic mass is 32.2. The Hall–Kier alpha value is -1.87. The molecule has 88 valence electrons. The number of aromatic nitrogens is 1. The average Bonchev–Trinajstić information content (AvgIpc) is 2.41. The van der Waals surface area contributed by atoms with E-state index in [4.69, 9.17) is 0 Å². The lowest BCUT2D eigenvalue weighted by atomic mass is 10.2. The molecular weight excluding hydrogens is 245 g/mol. The maximum absolute atomic E-state index is 12.8. The van der Waals surface area contributed by atoms with Crippen LogP contribution in [0, 0.1) is 5.82 Å². The number of benzene rings is 2. The minimum atomic E-state index is -0.212. The number of fused-ring (bicyclic) bond motifs is 1. The fourth-order valence-corrected chi connectivity index (χ4v) is 2.58. The van der Waals surface area contributed by atoms with Gasteiger partial charge in [-0.15, -0.1) is 0 Å². The molecule has 1 heterocycles. The van der Waals surface area contributed by atoms with Gasteiger partial charge in [-0.2, -0.15) is 0 Å². The molecule has 0 aliphatic heterocycles. The summed E-state index contributed by atoms with van der Waals surface area (Å²) in [7, 11) is 0. The highest BCUT2D eigenvalue weighted by molar-refractivity contribution is 7.99. The lowest BCUT2D eigenvalue weighted by molar-refractivity contribution is 0.626. The summed E-state index contributed by atoms with van der Waals surface area (Å²) in [6.07, 6.45) is 1.84. The Morgan fingerprint density at radius 2 is 1.67 bits per heavy atom. The van der Waals surface area contributed by atoms with Gasteiger partial charge in [-0.05, 0) is 36.4 Å². The second kappa shape index (κ2) is 4.78. The van der Waals surface area contributed by atoms with E-state index in [9.17, 15) is 4.39 Å². The zero-order chi connectivity index (χ0) is 12.4. The van der Waals surface area contributed by atoms with E-state index < -0.39 is 0 Å². The molecule has 1 nitrogen and oxygen atoms in total. The molecule has 0 spiro atoms. The quantitative estimate of drug-likeness (QED) is 0.667. The summed E-state index contributed by atoms with van der Waals surface area (Å²) < 4.78 is 12.8. The third-order valence-electron chi connectivity index (χ3n) is 2.61. The van der Waals surface area contributed by atoms with Crippen molar-refractivity contribution in [3.8, 4) is 0 Å². The van der Waals surface area contributed by atoms with Crippen LogP contribution in [0.25, 0.3) is 10.9 Å². The molecular formula is C15H10FNS. The van der Waals surface area contributed by atoms with Crippen molar-refractivity contribution in [1.29, 1.82) is 0 Å². The van der Waals surface area contributed by atoms with Crippen molar-refractivity contribution >= 4 is 22.7 Å². The molecule has 2 aromatic carbocycles. The molecule has 0 N–H and O–H groups in total. The second-order valence-corrected chi connectivity index (χ2v) is 5.07. The average molecular weight is 255 g/mol. The number of halogens is 1. The second-order valence-electron chi connectivity index (χ2n) is 3.92. The van der Waals surface area contributed by atoms with Gasteiger partial charge in [0.2, 0.25) is 0 Å². The van der Waals surface area contributed by atoms with E-state index >= 15 is 0 Å². The highest BCUT2D eigenvalue weighted by Crippen LogP contribution is 2.28. The predicted octanol–water partition coefficient (Wildman–Crippen LogP) is 4.53. The van der Waals surface area contributed by atoms with Gasteiger partial charge in [0, 0.05) is 21.4 Å². The normalized spacial score (nSPS) is 10.7. The first-order valence-corrected chi connectivity index (χ1v) is 6.41. The molecule has 0 atom stereocenters. The minimum Gasteiger partial charge on any atom is -0.255 e. The maximum Gasteiger partial charge on any atom is 0.123 e. The summed E-state index contributed by atoms with van der Waals surface area (Å²) in [5.74, 6) is -0.212. The zero-order valence-electron chi connectivity index (χ0n) is 9.51. The van der Waals surface area contributed by atoms with Gasteiger partial charge in [0.05, 0.1) is 5.52 Å². The molecule has 0 fully saturated rings. The molecule has 1 aromatic heterocycles. The molecule has 0 unspecified atom stereocenters. The van der Waals surface area contributed by atoms with Gasteiger partial charge in [0.15, 0.2) is 0 Å². The summed E-state index contributed by atoms with van der Waals surface area (Å²) in [4.78, 5) is 6.46. The Morgan fingerprint density at radius 1 is 0.889 bits per heavy atom. The van der Waals surface area contributed by atoms with Crippen LogP contribution in [0.1, 0.15) is 0 Å². The van der Waals surface area contributed by atoms with Crippen LogP contribution in [0.15, 0.2) is 70.6 Å². The number of para-hydroxylation sites is 1. The van der Waals surface area contributed by atoms with E-state index in [0.717, 1.165) is 20.7 Å². The van der Waals surface area contributed by atoms with E-state index in [2.05, 4.69) is 11.1 Å². The van der Waals surface area contributed by atoms with Crippen molar-refractivity contribution in [1.82, 2.24) is 4.98 Å². The van der Waals surface area contributed by atoms with Gasteiger partial charge in [0.1, 0.15) is 5.82 Å². The summed E-state index contributed by atoms with van der Waals surface area (Å²) in [5, 5.41) is 1.12. The van der Waals surface area contributed by atoms with Crippen molar-refractivity contribution < 1.29 is 4.39 Å². The molecule has 0 aliphatic carbocycles. The van der Waals surface area contributed by atoms with Crippen molar-refractivity contribution in [3.05, 3.63) is 66.6 Å². The van der Waals surface area contributed by atoms with Gasteiger partial charge >= 0.3 is 0 Å². The van der Waals surface area contributed by atoms with Crippen molar-refractivity contribution in [2.24, 2.45) is 0 Å². The van der Waals surface area contributed by atoms with Gasteiger partial charge in [-0.1, -0.05) is 30.0 Å². The van der Waals surface area contributed by atoms with Crippen molar-refractivity contribution in [2.45, 2.75) is 9.79 Å². The summed E-state index contributed by atoms with van der Waals surface area (Å²) in [5.41, 5.74) is 0.987. The first-order valence-electron chi connectivity index (χ1n) is 5.59. The van der Waals surface area contributed by atoms with Gasteiger partial charge in [-0.3, -0.25) is 4.98 Å². The van der Waals surface area contributed by atoms with E-state index in [1.54, 1.807) is 23.9 Å². The zero-order valence-corrected chi connectivity index (χ0v) is 10.3. The lowest BCUT2D eigenvalue weighted by Gasteiger charge is -2.03. The monoisotopic (exact) mass is 255 g/mol. The Kier molecular flexibility index (Phi) is 2.99. The van der Waals surface area contributed by atoms with Gasteiger partial charge < -0.3 is 0 Å². The topological polar surface area (TPSA) is 12.9 Å². The molecule has 0 radical (unpaired) electrons. The standard InChI is InChI=1S/C15H10FNS/c16-12-5-7-13(8-6-12)18-14-9-11-3-1-2-4-15(11)17-10-14/h1-10H. The lowest BCUT2D eigenvalue weighted by Crippen LogP contribution is -1.80. The number of pyridine rings is 1. The number of nitrogens with zero attached hydrogens (tertiary/aromatic N) is 1. The molecule has 18 heavy (non-hydrogen) atoms. The Morgan fingerprint density at radius 3 is 2.50 bits per heavy atom. The van der Waals surface area contributed by atoms with E-state index in [-0.39, 0.29) is 5.82 Å². The fraction of sp³-hybridized carbons (Fsp3) is 0. The summed E-state index contributed by atoms with van der Waals surface area (Å²) in [6.45, 7) is 0. The molecule has 0 saturated heterocycles. The number of hydrogen-bond acceptors (Lipinski definition) is 2. The molecule has 3 aromatic rings. The number of hydrogen-bond donors (Lipinski definition) is 0. The first-order chi connectivity index (χ1) is 8.81. The van der Waals surface area contributed by atoms with Crippen LogP contribution in [-0.4, -0.2) is 4.98 Å². The molecule has 0 aliphatic rings. The molecule has 3 rings (SSSR count). The summed E-state index contributed by atoms with van der Waals surface area (Å²) in [6, 6.07) is 16.6. The Bertz CT molecular complexity index is 679. The number of rotatable bonds is 2. The smallest absolute Gasteiger partial charge is 0.123 e. The molecule has 0 amide bonds. The van der Waals surface area contributed by atoms with E-state index in [0.29, 0.717) is 0 Å². The summed E-state index contributed by atoms with van der Waals surface area (Å²) >= 11 is 1.58. The van der Waals surface area contributed by atoms with Gasteiger partial charge in [-0.25, -0.2) is 4.39 Å². The van der Waals surface area contributed by atoms with Crippen LogP contribution in [-0.2, 0) is 0 Å². The third-order valence-corrected chi connectivity index (χ3v) is 3.58.